The Labute approximate surface area is 204 Å². The first-order valence-electron chi connectivity index (χ1n) is 11.4. The molecule has 0 aromatic heterocycles. The molecule has 0 saturated carbocycles. The van der Waals surface area contributed by atoms with Crippen molar-refractivity contribution < 1.29 is 21.8 Å². The van der Waals surface area contributed by atoms with Crippen LogP contribution in [0.4, 0.5) is 5.69 Å². The van der Waals surface area contributed by atoms with Crippen molar-refractivity contribution in [2.75, 3.05) is 25.4 Å². The summed E-state index contributed by atoms with van der Waals surface area (Å²) in [6.45, 7) is 13.3. The summed E-state index contributed by atoms with van der Waals surface area (Å²) in [6.07, 6.45) is 6.58. The molecule has 34 heavy (non-hydrogen) atoms. The fraction of sp³-hybridized carbons (Fsp3) is 0.565. The third kappa shape index (κ3) is 8.30. The standard InChI is InChI=1S/C23H37N3O6S2/c1-6-9-10-11-18-24(16-7-2)33(29,30)19-23(20(4)5)25(17-8-3)34(31,32)22-14-12-21(13-15-22)26(27)28/h7-8,12-15,20,23H,2-3,6,9-11,16-19H2,1,4-5H3/t23-/m1/s1. The number of hydrogen-bond donors (Lipinski definition) is 0. The summed E-state index contributed by atoms with van der Waals surface area (Å²) in [5.74, 6) is -0.722. The molecule has 11 heteroatoms. The minimum Gasteiger partial charge on any atom is -0.258 e. The number of sulfonamides is 2. The molecule has 192 valence electrons. The van der Waals surface area contributed by atoms with E-state index in [0.29, 0.717) is 13.0 Å². The van der Waals surface area contributed by atoms with Crippen LogP contribution in [0.1, 0.15) is 46.5 Å². The van der Waals surface area contributed by atoms with Crippen LogP contribution < -0.4 is 0 Å². The number of hydrogen-bond acceptors (Lipinski definition) is 6. The fourth-order valence-electron chi connectivity index (χ4n) is 3.55. The predicted octanol–water partition coefficient (Wildman–Crippen LogP) is 4.19. The van der Waals surface area contributed by atoms with Crippen LogP contribution in [0.2, 0.25) is 0 Å². The first kappa shape index (κ1) is 30.0. The molecule has 1 rings (SSSR count). The van der Waals surface area contributed by atoms with Crippen LogP contribution in [-0.4, -0.2) is 61.8 Å². The highest BCUT2D eigenvalue weighted by Gasteiger charge is 2.37. The highest BCUT2D eigenvalue weighted by Crippen LogP contribution is 2.26. The Morgan fingerprint density at radius 2 is 1.59 bits per heavy atom. The minimum atomic E-state index is -4.15. The van der Waals surface area contributed by atoms with Gasteiger partial charge in [-0.25, -0.2) is 16.8 Å². The summed E-state index contributed by atoms with van der Waals surface area (Å²) in [7, 11) is -7.96. The molecule has 1 aromatic rings. The van der Waals surface area contributed by atoms with Crippen molar-refractivity contribution >= 4 is 25.7 Å². The van der Waals surface area contributed by atoms with E-state index in [1.165, 1.54) is 16.5 Å². The Balaban J connectivity index is 3.31. The monoisotopic (exact) mass is 515 g/mol. The molecule has 0 aliphatic heterocycles. The summed E-state index contributed by atoms with van der Waals surface area (Å²) in [5.41, 5.74) is -0.236. The summed E-state index contributed by atoms with van der Waals surface area (Å²) in [4.78, 5) is 10.2. The van der Waals surface area contributed by atoms with Crippen molar-refractivity contribution in [3.05, 3.63) is 59.7 Å². The van der Waals surface area contributed by atoms with Gasteiger partial charge in [-0.05, 0) is 24.5 Å². The molecule has 0 heterocycles. The topological polar surface area (TPSA) is 118 Å². The number of unbranched alkanes of at least 4 members (excludes halogenated alkanes) is 3. The quantitative estimate of drug-likeness (QED) is 0.133. The minimum absolute atomic E-state index is 0.102. The van der Waals surface area contributed by atoms with Gasteiger partial charge in [0.1, 0.15) is 0 Å². The zero-order chi connectivity index (χ0) is 25.9. The molecule has 0 aliphatic carbocycles. The molecule has 0 radical (unpaired) electrons. The maximum Gasteiger partial charge on any atom is 0.269 e. The first-order chi connectivity index (χ1) is 15.9. The third-order valence-electron chi connectivity index (χ3n) is 5.47. The number of nitro groups is 1. The van der Waals surface area contributed by atoms with E-state index in [1.54, 1.807) is 13.8 Å². The Kier molecular flexibility index (Phi) is 12.1. The van der Waals surface area contributed by atoms with E-state index in [0.717, 1.165) is 47.8 Å². The molecule has 9 nitrogen and oxygen atoms in total. The number of nitrogens with zero attached hydrogens (tertiary/aromatic N) is 3. The van der Waals surface area contributed by atoms with Crippen LogP contribution >= 0.6 is 0 Å². The maximum absolute atomic E-state index is 13.5. The lowest BCUT2D eigenvalue weighted by Gasteiger charge is -2.34. The molecular formula is C23H37N3O6S2. The zero-order valence-electron chi connectivity index (χ0n) is 20.3. The normalized spacial score (nSPS) is 13.4. The van der Waals surface area contributed by atoms with Gasteiger partial charge in [0.15, 0.2) is 0 Å². The van der Waals surface area contributed by atoms with E-state index in [-0.39, 0.29) is 29.6 Å². The molecule has 0 bridgehead atoms. The van der Waals surface area contributed by atoms with Crippen LogP contribution in [0, 0.1) is 16.0 Å². The van der Waals surface area contributed by atoms with Crippen LogP contribution in [0.3, 0.4) is 0 Å². The molecule has 1 aromatic carbocycles. The SMILES string of the molecule is C=CCN(CCCCCC)S(=O)(=O)C[C@H](C(C)C)N(CC=C)S(=O)(=O)c1ccc([N+](=O)[O-])cc1. The van der Waals surface area contributed by atoms with Gasteiger partial charge in [0.2, 0.25) is 20.0 Å². The summed E-state index contributed by atoms with van der Waals surface area (Å²) >= 11 is 0. The van der Waals surface area contributed by atoms with Gasteiger partial charge in [0.25, 0.3) is 5.69 Å². The van der Waals surface area contributed by atoms with E-state index >= 15 is 0 Å². The van der Waals surface area contributed by atoms with Gasteiger partial charge < -0.3 is 0 Å². The number of benzene rings is 1. The molecular weight excluding hydrogens is 478 g/mol. The number of rotatable bonds is 17. The Hall–Kier alpha value is -2.08. The van der Waals surface area contributed by atoms with E-state index < -0.39 is 36.8 Å². The Morgan fingerprint density at radius 3 is 2.06 bits per heavy atom. The van der Waals surface area contributed by atoms with Crippen LogP contribution in [-0.2, 0) is 20.0 Å². The molecule has 0 N–H and O–H groups in total. The Morgan fingerprint density at radius 1 is 1.00 bits per heavy atom. The highest BCUT2D eigenvalue weighted by atomic mass is 32.2. The molecule has 0 unspecified atom stereocenters. The first-order valence-corrected chi connectivity index (χ1v) is 14.4. The smallest absolute Gasteiger partial charge is 0.258 e. The summed E-state index contributed by atoms with van der Waals surface area (Å²) in [6, 6.07) is 3.68. The fourth-order valence-corrected chi connectivity index (χ4v) is 7.31. The van der Waals surface area contributed by atoms with E-state index in [2.05, 4.69) is 20.1 Å². The molecule has 1 atom stereocenters. The lowest BCUT2D eigenvalue weighted by atomic mass is 10.1. The van der Waals surface area contributed by atoms with Crippen LogP contribution in [0.5, 0.6) is 0 Å². The second-order valence-electron chi connectivity index (χ2n) is 8.41. The number of nitro benzene ring substituents is 1. The van der Waals surface area contributed by atoms with Crippen molar-refractivity contribution in [2.45, 2.75) is 57.4 Å². The highest BCUT2D eigenvalue weighted by molar-refractivity contribution is 7.90. The second kappa shape index (κ2) is 13.7. The van der Waals surface area contributed by atoms with Gasteiger partial charge in [0.05, 0.1) is 15.6 Å². The van der Waals surface area contributed by atoms with Crippen molar-refractivity contribution in [3.8, 4) is 0 Å². The van der Waals surface area contributed by atoms with Gasteiger partial charge in [0, 0.05) is 37.8 Å². The molecule has 0 amide bonds. The van der Waals surface area contributed by atoms with Crippen molar-refractivity contribution in [1.29, 1.82) is 0 Å². The largest absolute Gasteiger partial charge is 0.269 e. The number of non-ortho nitro benzene ring substituents is 1. The van der Waals surface area contributed by atoms with Gasteiger partial charge in [-0.1, -0.05) is 52.2 Å². The molecule has 0 fully saturated rings. The lowest BCUT2D eigenvalue weighted by Crippen LogP contribution is -2.49. The van der Waals surface area contributed by atoms with Crippen molar-refractivity contribution in [2.24, 2.45) is 5.92 Å². The average Bonchev–Trinajstić information content (AvgIpc) is 2.78. The summed E-state index contributed by atoms with van der Waals surface area (Å²) in [5, 5.41) is 10.9. The maximum atomic E-state index is 13.5. The van der Waals surface area contributed by atoms with Gasteiger partial charge in [-0.3, -0.25) is 10.1 Å². The van der Waals surface area contributed by atoms with Crippen molar-refractivity contribution in [1.82, 2.24) is 8.61 Å². The van der Waals surface area contributed by atoms with E-state index in [1.807, 2.05) is 0 Å². The lowest BCUT2D eigenvalue weighted by molar-refractivity contribution is -0.384. The van der Waals surface area contributed by atoms with Gasteiger partial charge >= 0.3 is 0 Å². The zero-order valence-corrected chi connectivity index (χ0v) is 21.9. The third-order valence-corrected chi connectivity index (χ3v) is 9.26. The van der Waals surface area contributed by atoms with Gasteiger partial charge in [-0.15, -0.1) is 13.2 Å². The molecule has 0 saturated heterocycles. The van der Waals surface area contributed by atoms with Crippen molar-refractivity contribution in [3.63, 3.8) is 0 Å². The molecule has 0 spiro atoms. The second-order valence-corrected chi connectivity index (χ2v) is 12.3. The molecule has 0 aliphatic rings. The average molecular weight is 516 g/mol. The van der Waals surface area contributed by atoms with Crippen LogP contribution in [0.25, 0.3) is 0 Å². The van der Waals surface area contributed by atoms with E-state index in [9.17, 15) is 26.9 Å². The van der Waals surface area contributed by atoms with E-state index in [4.69, 9.17) is 0 Å². The summed E-state index contributed by atoms with van der Waals surface area (Å²) < 4.78 is 56.1. The van der Waals surface area contributed by atoms with Crippen LogP contribution in [0.15, 0.2) is 54.5 Å². The van der Waals surface area contributed by atoms with Gasteiger partial charge in [-0.2, -0.15) is 8.61 Å². The predicted molar refractivity (Wildman–Crippen MR) is 136 cm³/mol. The Bertz CT molecular complexity index is 1020.